The summed E-state index contributed by atoms with van der Waals surface area (Å²) >= 11 is 11.7. The minimum absolute atomic E-state index is 0.0293. The van der Waals surface area contributed by atoms with Crippen molar-refractivity contribution in [1.29, 1.82) is 0 Å². The lowest BCUT2D eigenvalue weighted by Gasteiger charge is -2.04. The molecule has 0 bridgehead atoms. The zero-order valence-corrected chi connectivity index (χ0v) is 12.3. The van der Waals surface area contributed by atoms with Crippen LogP contribution in [-0.2, 0) is 0 Å². The first-order valence-electron chi connectivity index (χ1n) is 5.73. The van der Waals surface area contributed by atoms with E-state index in [4.69, 9.17) is 27.6 Å². The number of rotatable bonds is 2. The largest absolute Gasteiger partial charge is 0.507 e. The van der Waals surface area contributed by atoms with Gasteiger partial charge in [-0.15, -0.1) is 0 Å². The van der Waals surface area contributed by atoms with Crippen molar-refractivity contribution in [1.82, 2.24) is 0 Å². The standard InChI is InChI=1S/C14H11Cl2NO3/c1-7-5-12(18)13(14(19)20-7)8(2)17-9-3-4-10(15)11(16)6-9/h3-6,18H,1-2H3. The first kappa shape index (κ1) is 14.6. The number of halogens is 2. The summed E-state index contributed by atoms with van der Waals surface area (Å²) in [5.74, 6) is 0.165. The van der Waals surface area contributed by atoms with Gasteiger partial charge < -0.3 is 9.52 Å². The second kappa shape index (κ2) is 5.69. The van der Waals surface area contributed by atoms with Crippen LogP contribution in [0.3, 0.4) is 0 Å². The highest BCUT2D eigenvalue weighted by Gasteiger charge is 2.13. The lowest BCUT2D eigenvalue weighted by molar-refractivity contribution is 0.432. The topological polar surface area (TPSA) is 62.8 Å². The summed E-state index contributed by atoms with van der Waals surface area (Å²) in [7, 11) is 0. The molecular weight excluding hydrogens is 301 g/mol. The maximum atomic E-state index is 11.8. The first-order chi connectivity index (χ1) is 9.38. The number of benzene rings is 1. The van der Waals surface area contributed by atoms with Gasteiger partial charge in [-0.05, 0) is 32.0 Å². The third-order valence-electron chi connectivity index (χ3n) is 2.62. The highest BCUT2D eigenvalue weighted by atomic mass is 35.5. The number of nitrogens with zero attached hydrogens (tertiary/aromatic N) is 1. The van der Waals surface area contributed by atoms with Crippen molar-refractivity contribution in [3.8, 4) is 5.75 Å². The van der Waals surface area contributed by atoms with Gasteiger partial charge in [-0.1, -0.05) is 23.2 Å². The molecule has 0 amide bonds. The molecular formula is C14H11Cl2NO3. The van der Waals surface area contributed by atoms with E-state index >= 15 is 0 Å². The fraction of sp³-hybridized carbons (Fsp3) is 0.143. The molecule has 0 radical (unpaired) electrons. The summed E-state index contributed by atoms with van der Waals surface area (Å²) in [6.45, 7) is 3.18. The molecule has 1 aromatic carbocycles. The van der Waals surface area contributed by atoms with Crippen LogP contribution in [0.5, 0.6) is 5.75 Å². The third-order valence-corrected chi connectivity index (χ3v) is 3.35. The molecule has 0 aliphatic carbocycles. The fourth-order valence-corrected chi connectivity index (χ4v) is 2.03. The molecule has 2 rings (SSSR count). The van der Waals surface area contributed by atoms with E-state index in [2.05, 4.69) is 4.99 Å². The van der Waals surface area contributed by atoms with Gasteiger partial charge in [-0.2, -0.15) is 0 Å². The molecule has 0 saturated carbocycles. The van der Waals surface area contributed by atoms with E-state index in [0.717, 1.165) is 0 Å². The fourth-order valence-electron chi connectivity index (χ4n) is 1.73. The monoisotopic (exact) mass is 311 g/mol. The Morgan fingerprint density at radius 2 is 1.95 bits per heavy atom. The Kier molecular flexibility index (Phi) is 4.16. The van der Waals surface area contributed by atoms with E-state index in [9.17, 15) is 9.90 Å². The Morgan fingerprint density at radius 3 is 2.55 bits per heavy atom. The van der Waals surface area contributed by atoms with Gasteiger partial charge in [0, 0.05) is 6.07 Å². The zero-order valence-electron chi connectivity index (χ0n) is 10.8. The van der Waals surface area contributed by atoms with E-state index in [1.165, 1.54) is 6.07 Å². The Labute approximate surface area is 125 Å². The average molecular weight is 312 g/mol. The molecule has 1 aromatic heterocycles. The van der Waals surface area contributed by atoms with Crippen molar-refractivity contribution >= 4 is 34.6 Å². The molecule has 1 N–H and O–H groups in total. The molecule has 6 heteroatoms. The number of aliphatic imine (C=N–C) groups is 1. The summed E-state index contributed by atoms with van der Waals surface area (Å²) in [5, 5.41) is 10.6. The third kappa shape index (κ3) is 3.03. The van der Waals surface area contributed by atoms with E-state index in [0.29, 0.717) is 27.2 Å². The van der Waals surface area contributed by atoms with Crippen LogP contribution >= 0.6 is 23.2 Å². The van der Waals surface area contributed by atoms with Crippen LogP contribution in [0, 0.1) is 6.92 Å². The normalized spacial score (nSPS) is 11.7. The summed E-state index contributed by atoms with van der Waals surface area (Å²) in [5.41, 5.74) is 0.247. The molecule has 0 aliphatic rings. The van der Waals surface area contributed by atoms with E-state index in [1.54, 1.807) is 32.0 Å². The van der Waals surface area contributed by atoms with Gasteiger partial charge in [0.2, 0.25) is 0 Å². The van der Waals surface area contributed by atoms with Gasteiger partial charge in [0.1, 0.15) is 17.1 Å². The predicted octanol–water partition coefficient (Wildman–Crippen LogP) is 4.10. The minimum Gasteiger partial charge on any atom is -0.507 e. The van der Waals surface area contributed by atoms with E-state index < -0.39 is 5.63 Å². The second-order valence-electron chi connectivity index (χ2n) is 4.20. The maximum Gasteiger partial charge on any atom is 0.348 e. The SMILES string of the molecule is CC(=Nc1ccc(Cl)c(Cl)c1)c1c(O)cc(C)oc1=O. The smallest absolute Gasteiger partial charge is 0.348 e. The number of hydrogen-bond donors (Lipinski definition) is 1. The Hall–Kier alpha value is -1.78. The minimum atomic E-state index is -0.635. The lowest BCUT2D eigenvalue weighted by atomic mass is 10.1. The lowest BCUT2D eigenvalue weighted by Crippen LogP contribution is -2.12. The molecule has 0 fully saturated rings. The summed E-state index contributed by atoms with van der Waals surface area (Å²) in [6.07, 6.45) is 0. The molecule has 104 valence electrons. The van der Waals surface area contributed by atoms with Gasteiger partial charge in [0.25, 0.3) is 0 Å². The van der Waals surface area contributed by atoms with Gasteiger partial charge >= 0.3 is 5.63 Å². The first-order valence-corrected chi connectivity index (χ1v) is 6.48. The molecule has 20 heavy (non-hydrogen) atoms. The molecule has 1 heterocycles. The van der Waals surface area contributed by atoms with E-state index in [1.807, 2.05) is 0 Å². The van der Waals surface area contributed by atoms with Gasteiger partial charge in [-0.25, -0.2) is 4.79 Å². The van der Waals surface area contributed by atoms with E-state index in [-0.39, 0.29) is 11.3 Å². The summed E-state index contributed by atoms with van der Waals surface area (Å²) in [6, 6.07) is 6.20. The van der Waals surface area contributed by atoms with Crippen molar-refractivity contribution in [2.75, 3.05) is 0 Å². The van der Waals surface area contributed by atoms with Gasteiger partial charge in [-0.3, -0.25) is 4.99 Å². The van der Waals surface area contributed by atoms with Crippen LogP contribution in [0.4, 0.5) is 5.69 Å². The predicted molar refractivity (Wildman–Crippen MR) is 79.7 cm³/mol. The van der Waals surface area contributed by atoms with Crippen molar-refractivity contribution in [3.05, 3.63) is 56.1 Å². The number of aryl methyl sites for hydroxylation is 1. The van der Waals surface area contributed by atoms with Crippen LogP contribution in [0.15, 0.2) is 38.5 Å². The quantitative estimate of drug-likeness (QED) is 0.849. The Morgan fingerprint density at radius 1 is 1.25 bits per heavy atom. The molecule has 0 saturated heterocycles. The Bertz CT molecular complexity index is 751. The summed E-state index contributed by atoms with van der Waals surface area (Å²) in [4.78, 5) is 16.0. The maximum absolute atomic E-state index is 11.8. The van der Waals surface area contributed by atoms with Crippen molar-refractivity contribution in [2.24, 2.45) is 4.99 Å². The van der Waals surface area contributed by atoms with Crippen molar-refractivity contribution < 1.29 is 9.52 Å². The highest BCUT2D eigenvalue weighted by molar-refractivity contribution is 6.42. The number of hydrogen-bond acceptors (Lipinski definition) is 4. The van der Waals surface area contributed by atoms with Crippen molar-refractivity contribution in [2.45, 2.75) is 13.8 Å². The van der Waals surface area contributed by atoms with Crippen LogP contribution in [0.2, 0.25) is 10.0 Å². The molecule has 0 spiro atoms. The summed E-state index contributed by atoms with van der Waals surface area (Å²) < 4.78 is 4.95. The van der Waals surface area contributed by atoms with Crippen LogP contribution < -0.4 is 5.63 Å². The van der Waals surface area contributed by atoms with Crippen molar-refractivity contribution in [3.63, 3.8) is 0 Å². The number of aromatic hydroxyl groups is 1. The van der Waals surface area contributed by atoms with Gasteiger partial charge in [0.05, 0.1) is 21.4 Å². The van der Waals surface area contributed by atoms with Crippen LogP contribution in [-0.4, -0.2) is 10.8 Å². The molecule has 0 unspecified atom stereocenters. The van der Waals surface area contributed by atoms with Crippen LogP contribution in [0.25, 0.3) is 0 Å². The highest BCUT2D eigenvalue weighted by Crippen LogP contribution is 2.27. The molecule has 4 nitrogen and oxygen atoms in total. The zero-order chi connectivity index (χ0) is 14.9. The second-order valence-corrected chi connectivity index (χ2v) is 5.01. The molecule has 0 atom stereocenters. The van der Waals surface area contributed by atoms with Crippen LogP contribution in [0.1, 0.15) is 18.2 Å². The molecule has 2 aromatic rings. The Balaban J connectivity index is 2.50. The average Bonchev–Trinajstić information content (AvgIpc) is 2.32. The molecule has 0 aliphatic heterocycles. The van der Waals surface area contributed by atoms with Gasteiger partial charge in [0.15, 0.2) is 0 Å².